The number of aromatic nitrogens is 18. The molecule has 0 amide bonds. The molecule has 7 aliphatic heterocycles. The quantitative estimate of drug-likeness (QED) is 0.0671. The van der Waals surface area contributed by atoms with Crippen LogP contribution in [-0.2, 0) is 67.7 Å². The molecule has 30 atom stereocenters. The zero-order valence-corrected chi connectivity index (χ0v) is 46.6. The van der Waals surface area contributed by atoms with Gasteiger partial charge in [-0.2, -0.15) is 0 Å². The number of nitrogens with zero attached hydrogens (tertiary/aromatic N) is 18. The van der Waals surface area contributed by atoms with Crippen LogP contribution in [0.1, 0.15) is 70.8 Å². The Labute approximate surface area is 503 Å². The SMILES string of the molecule is O[C@@H]1[C@@H](O)[C@@H]2O[C@H](Cn3cc(nn3)[C@H]3O[C@H](Cn4cc(nn4)[C@H]4O[C@H](Cn5cc(nn5)[C@H]5O[C@H](Cn6cc(nn6)[C@H]6O[C@H](Cn7cc(nn7)[C@H]7O[C@H](Cn8cc2nn8)[C@@H](O)[C@H](O)[C@H]7O)[C@@H](O)[C@H](O)[C@H]6O)[C@@H](O)[C@H](O)[C@H]5O)[C@@H](O)[C@H](O)[C@H]4O)[C@@H](O)[C@H](O)[C@H]3O)[C@H]1O. The fourth-order valence-electron chi connectivity index (χ4n) is 12.4. The number of rotatable bonds is 0. The molecule has 492 valence electrons. The number of hydrogen-bond acceptors (Lipinski definition) is 36. The van der Waals surface area contributed by atoms with Crippen molar-refractivity contribution in [1.82, 2.24) is 90.0 Å². The zero-order valence-electron chi connectivity index (χ0n) is 46.6. The van der Waals surface area contributed by atoms with Crippen LogP contribution in [0.3, 0.4) is 0 Å². The maximum atomic E-state index is 11.2. The highest BCUT2D eigenvalue weighted by atomic mass is 16.6. The summed E-state index contributed by atoms with van der Waals surface area (Å²) in [5.74, 6) is 0. The average Bonchev–Trinajstić information content (AvgIpc) is 1.77. The van der Waals surface area contributed by atoms with Crippen LogP contribution < -0.4 is 0 Å². The number of aliphatic hydroxyl groups excluding tert-OH is 18. The lowest BCUT2D eigenvalue weighted by atomic mass is 9.93. The minimum atomic E-state index is -1.84. The second-order valence-electron chi connectivity index (χ2n) is 23.6. The van der Waals surface area contributed by atoms with Gasteiger partial charge in [0.1, 0.15) is 217 Å². The van der Waals surface area contributed by atoms with Crippen LogP contribution in [-0.4, -0.2) is 328 Å². The molecule has 0 radical (unpaired) electrons. The van der Waals surface area contributed by atoms with E-state index in [1.165, 1.54) is 37.2 Å². The molecular formula is C48H66N18O24. The van der Waals surface area contributed by atoms with Gasteiger partial charge < -0.3 is 120 Å². The molecule has 18 N–H and O–H groups in total. The number of hydrogen-bond donors (Lipinski definition) is 18. The first-order chi connectivity index (χ1) is 43.0. The summed E-state index contributed by atoms with van der Waals surface area (Å²) in [6.07, 6.45) is -41.6. The van der Waals surface area contributed by atoms with Gasteiger partial charge in [0.15, 0.2) is 0 Å². The van der Waals surface area contributed by atoms with E-state index in [1.54, 1.807) is 0 Å². The molecule has 0 unspecified atom stereocenters. The summed E-state index contributed by atoms with van der Waals surface area (Å²) >= 11 is 0. The first-order valence-corrected chi connectivity index (χ1v) is 28.6. The highest BCUT2D eigenvalue weighted by molar-refractivity contribution is 5.14. The summed E-state index contributed by atoms with van der Waals surface area (Å²) in [5, 5.41) is 249. The van der Waals surface area contributed by atoms with E-state index in [4.69, 9.17) is 28.4 Å². The second kappa shape index (κ2) is 24.7. The van der Waals surface area contributed by atoms with Crippen LogP contribution >= 0.6 is 0 Å². The molecule has 6 aromatic rings. The summed E-state index contributed by atoms with van der Waals surface area (Å²) in [4.78, 5) is 0. The van der Waals surface area contributed by atoms with E-state index in [9.17, 15) is 91.9 Å². The van der Waals surface area contributed by atoms with Crippen molar-refractivity contribution in [2.75, 3.05) is 0 Å². The van der Waals surface area contributed by atoms with Crippen molar-refractivity contribution in [3.8, 4) is 0 Å². The van der Waals surface area contributed by atoms with Gasteiger partial charge in [-0.3, -0.25) is 0 Å². The zero-order chi connectivity index (χ0) is 63.5. The Morgan fingerprint density at radius 2 is 0.344 bits per heavy atom. The molecule has 7 aliphatic rings. The van der Waals surface area contributed by atoms with Crippen LogP contribution in [0.15, 0.2) is 37.2 Å². The fourth-order valence-corrected chi connectivity index (χ4v) is 12.4. The van der Waals surface area contributed by atoms with Crippen molar-refractivity contribution in [3.05, 3.63) is 71.3 Å². The van der Waals surface area contributed by atoms with E-state index in [0.717, 1.165) is 28.1 Å². The van der Waals surface area contributed by atoms with Crippen LogP contribution in [0.4, 0.5) is 0 Å². The predicted molar refractivity (Wildman–Crippen MR) is 274 cm³/mol. The first-order valence-electron chi connectivity index (χ1n) is 28.6. The standard InChI is InChI=1S/C48H66N18O24/c67-25-19-7-61-1-13(49-55-61)43-37(79)31(73)26(68)20(85-43)8-62-3-15(51-56-62)45-39(81)33(75)28(70)22(87-45)10-64-5-17(53-58-64)47-41(83)35(77)30(72)24(89-47)12-66-6-18(54-60-66)48-42(84)36(78)29(71)23(90-48)11-65-4-16(52-59-65)46-40(82)34(76)27(69)21(88-46)9-63-2-14(50-57-63)44(86-19)38(80)32(25)74/h1-6,19-48,67-84H,7-12H2/t19-,20-,21-,22-,23-,24-,25-,26-,27-,28-,29-,30-,31+,32+,33+,34+,35+,36+,37-,38-,39-,40-,41-,42-,43-,44-,45-,46-,47-,48-/m1/s1. The molecule has 42 heteroatoms. The molecule has 6 fully saturated rings. The van der Waals surface area contributed by atoms with Gasteiger partial charge in [0, 0.05) is 0 Å². The van der Waals surface area contributed by atoms with E-state index in [-0.39, 0.29) is 73.4 Å². The van der Waals surface area contributed by atoms with Gasteiger partial charge >= 0.3 is 0 Å². The van der Waals surface area contributed by atoms with Crippen molar-refractivity contribution in [2.45, 2.75) is 222 Å². The molecular weight excluding hydrogens is 1210 g/mol. The van der Waals surface area contributed by atoms with Gasteiger partial charge in [-0.1, -0.05) is 31.3 Å². The van der Waals surface area contributed by atoms with Crippen molar-refractivity contribution in [1.29, 1.82) is 0 Å². The summed E-state index contributed by atoms with van der Waals surface area (Å²) in [5.41, 5.74) is -0.500. The highest BCUT2D eigenvalue weighted by Crippen LogP contribution is 2.39. The van der Waals surface area contributed by atoms with E-state index in [2.05, 4.69) is 61.9 Å². The van der Waals surface area contributed by atoms with Crippen LogP contribution in [0.2, 0.25) is 0 Å². The van der Waals surface area contributed by atoms with Crippen LogP contribution in [0.25, 0.3) is 0 Å². The predicted octanol–water partition coefficient (Wildman–Crippen LogP) is -13.1. The molecule has 24 bridgehead atoms. The van der Waals surface area contributed by atoms with Crippen LogP contribution in [0, 0.1) is 0 Å². The number of ether oxygens (including phenoxy) is 6. The van der Waals surface area contributed by atoms with Gasteiger partial charge in [0.05, 0.1) is 76.4 Å². The van der Waals surface area contributed by atoms with Gasteiger partial charge in [0.2, 0.25) is 0 Å². The lowest BCUT2D eigenvalue weighted by Crippen LogP contribution is -2.55. The summed E-state index contributed by atoms with van der Waals surface area (Å²) in [7, 11) is 0. The Morgan fingerprint density at radius 3 is 0.478 bits per heavy atom. The van der Waals surface area contributed by atoms with E-state index in [0.29, 0.717) is 0 Å². The van der Waals surface area contributed by atoms with Crippen molar-refractivity contribution >= 4 is 0 Å². The van der Waals surface area contributed by atoms with Crippen molar-refractivity contribution < 1.29 is 120 Å². The molecule has 0 aliphatic carbocycles. The van der Waals surface area contributed by atoms with Crippen LogP contribution in [0.5, 0.6) is 0 Å². The van der Waals surface area contributed by atoms with E-state index in [1.807, 2.05) is 0 Å². The topological polar surface area (TPSA) is 604 Å². The Balaban J connectivity index is 0.782. The van der Waals surface area contributed by atoms with Gasteiger partial charge in [-0.25, -0.2) is 28.1 Å². The average molecular weight is 1280 g/mol. The minimum Gasteiger partial charge on any atom is -0.388 e. The summed E-state index contributed by atoms with van der Waals surface area (Å²) < 4.78 is 43.4. The number of aliphatic hydroxyl groups is 18. The molecule has 0 saturated carbocycles. The molecule has 13 rings (SSSR count). The van der Waals surface area contributed by atoms with Gasteiger partial charge in [-0.05, 0) is 0 Å². The van der Waals surface area contributed by atoms with Gasteiger partial charge in [-0.15, -0.1) is 30.6 Å². The second-order valence-corrected chi connectivity index (χ2v) is 23.6. The monoisotopic (exact) mass is 1280 g/mol. The Kier molecular flexibility index (Phi) is 17.2. The Bertz CT molecular complexity index is 2850. The Morgan fingerprint density at radius 1 is 0.211 bits per heavy atom. The van der Waals surface area contributed by atoms with Gasteiger partial charge in [0.25, 0.3) is 0 Å². The lowest BCUT2D eigenvalue weighted by molar-refractivity contribution is -0.230. The Hall–Kier alpha value is -6.12. The molecule has 42 nitrogen and oxygen atoms in total. The highest BCUT2D eigenvalue weighted by Gasteiger charge is 2.53. The largest absolute Gasteiger partial charge is 0.388 e. The number of fused-ring (bicyclic) bond motifs is 30. The third-order valence-corrected chi connectivity index (χ3v) is 17.6. The van der Waals surface area contributed by atoms with E-state index >= 15 is 0 Å². The molecule has 6 saturated heterocycles. The minimum absolute atomic E-state index is 0.0833. The van der Waals surface area contributed by atoms with E-state index < -0.39 is 183 Å². The molecule has 90 heavy (non-hydrogen) atoms. The maximum Gasteiger partial charge on any atom is 0.132 e. The fraction of sp³-hybridized carbons (Fsp3) is 0.750. The molecule has 0 aromatic carbocycles. The van der Waals surface area contributed by atoms with Crippen molar-refractivity contribution in [2.24, 2.45) is 0 Å². The first kappa shape index (κ1) is 62.7. The maximum absolute atomic E-state index is 11.2. The van der Waals surface area contributed by atoms with Crippen molar-refractivity contribution in [3.63, 3.8) is 0 Å². The smallest absolute Gasteiger partial charge is 0.132 e. The summed E-state index contributed by atoms with van der Waals surface area (Å²) in [6, 6.07) is 0. The normalized spacial score (nSPS) is 43.8. The molecule has 6 aromatic heterocycles. The third-order valence-electron chi connectivity index (χ3n) is 17.6. The lowest BCUT2D eigenvalue weighted by Gasteiger charge is -2.40. The molecule has 0 spiro atoms. The summed E-state index contributed by atoms with van der Waals surface area (Å²) in [6.45, 7) is -2.18. The third kappa shape index (κ3) is 11.5. The molecule has 13 heterocycles.